The van der Waals surface area contributed by atoms with E-state index in [1.807, 2.05) is 0 Å². The summed E-state index contributed by atoms with van der Waals surface area (Å²) in [4.78, 5) is 13.0. The first-order valence-electron chi connectivity index (χ1n) is 7.21. The van der Waals surface area contributed by atoms with Crippen molar-refractivity contribution in [3.8, 4) is 0 Å². The lowest BCUT2D eigenvalue weighted by Gasteiger charge is -2.33. The fourth-order valence-electron chi connectivity index (χ4n) is 2.92. The summed E-state index contributed by atoms with van der Waals surface area (Å²) in [6, 6.07) is 1.26. The highest BCUT2D eigenvalue weighted by Gasteiger charge is 2.21. The van der Waals surface area contributed by atoms with E-state index in [1.54, 1.807) is 0 Å². The summed E-state index contributed by atoms with van der Waals surface area (Å²) in [6.07, 6.45) is 6.23. The van der Waals surface area contributed by atoms with Crippen LogP contribution in [0.25, 0.3) is 0 Å². The van der Waals surface area contributed by atoms with Gasteiger partial charge in [0, 0.05) is 31.7 Å². The number of primary amides is 1. The normalized spacial score (nSPS) is 27.2. The average molecular weight is 254 g/mol. The van der Waals surface area contributed by atoms with Crippen LogP contribution in [0.15, 0.2) is 0 Å². The van der Waals surface area contributed by atoms with Gasteiger partial charge in [-0.05, 0) is 32.2 Å². The zero-order valence-electron chi connectivity index (χ0n) is 11.2. The number of nitrogens with one attached hydrogen (secondary N) is 2. The van der Waals surface area contributed by atoms with Crippen molar-refractivity contribution in [2.75, 3.05) is 32.7 Å². The summed E-state index contributed by atoms with van der Waals surface area (Å²) < 4.78 is 0. The Morgan fingerprint density at radius 1 is 1.28 bits per heavy atom. The van der Waals surface area contributed by atoms with Crippen molar-refractivity contribution in [2.45, 2.75) is 44.2 Å². The Hall–Kier alpha value is -0.650. The van der Waals surface area contributed by atoms with Crippen LogP contribution in [0, 0.1) is 0 Å². The molecule has 1 amide bonds. The number of nitrogens with zero attached hydrogens (tertiary/aromatic N) is 1. The second-order valence-electron chi connectivity index (χ2n) is 5.57. The number of hydrogen-bond acceptors (Lipinski definition) is 4. The number of carbonyl (C=O) groups is 1. The number of hydrogen-bond donors (Lipinski definition) is 3. The molecule has 2 aliphatic heterocycles. The summed E-state index contributed by atoms with van der Waals surface area (Å²) in [5.41, 5.74) is 5.21. The molecule has 1 atom stereocenters. The summed E-state index contributed by atoms with van der Waals surface area (Å²) >= 11 is 0. The molecule has 0 saturated carbocycles. The van der Waals surface area contributed by atoms with Gasteiger partial charge in [0.1, 0.15) is 0 Å². The Kier molecular flexibility index (Phi) is 5.41. The van der Waals surface area contributed by atoms with Crippen molar-refractivity contribution in [3.05, 3.63) is 0 Å². The highest BCUT2D eigenvalue weighted by Crippen LogP contribution is 2.11. The third-order valence-corrected chi connectivity index (χ3v) is 4.03. The molecule has 0 aromatic rings. The second kappa shape index (κ2) is 7.07. The third-order valence-electron chi connectivity index (χ3n) is 4.03. The van der Waals surface area contributed by atoms with Crippen LogP contribution in [0.5, 0.6) is 0 Å². The molecule has 4 N–H and O–H groups in total. The summed E-state index contributed by atoms with van der Waals surface area (Å²) in [7, 11) is 0. The summed E-state index contributed by atoms with van der Waals surface area (Å²) in [5, 5.41) is 7.22. The van der Waals surface area contributed by atoms with Crippen molar-refractivity contribution in [3.63, 3.8) is 0 Å². The van der Waals surface area contributed by atoms with Crippen LogP contribution in [0.1, 0.15) is 32.1 Å². The first-order valence-corrected chi connectivity index (χ1v) is 7.21. The van der Waals surface area contributed by atoms with Gasteiger partial charge in [-0.1, -0.05) is 6.42 Å². The third kappa shape index (κ3) is 4.55. The maximum atomic E-state index is 10.8. The number of nitrogens with two attached hydrogens (primary N) is 1. The number of piperidine rings is 2. The molecule has 18 heavy (non-hydrogen) atoms. The molecular formula is C13H26N4O. The molecule has 5 heteroatoms. The van der Waals surface area contributed by atoms with E-state index in [2.05, 4.69) is 15.5 Å². The van der Waals surface area contributed by atoms with E-state index < -0.39 is 0 Å². The highest BCUT2D eigenvalue weighted by atomic mass is 16.1. The van der Waals surface area contributed by atoms with Gasteiger partial charge in [-0.25, -0.2) is 0 Å². The summed E-state index contributed by atoms with van der Waals surface area (Å²) in [5.74, 6) is -0.215. The van der Waals surface area contributed by atoms with E-state index in [4.69, 9.17) is 5.73 Å². The maximum absolute atomic E-state index is 10.8. The average Bonchev–Trinajstić information content (AvgIpc) is 2.38. The maximum Gasteiger partial charge on any atom is 0.231 e. The molecule has 0 aromatic heterocycles. The van der Waals surface area contributed by atoms with Crippen LogP contribution in [0.4, 0.5) is 0 Å². The molecule has 0 aromatic carbocycles. The number of likely N-dealkylation sites (tertiary alicyclic amines) is 1. The molecule has 0 spiro atoms. The van der Waals surface area contributed by atoms with Gasteiger partial charge in [0.25, 0.3) is 0 Å². The van der Waals surface area contributed by atoms with Gasteiger partial charge < -0.3 is 16.4 Å². The standard InChI is InChI=1S/C13H26N4O/c14-13(18)10-17-7-4-11(5-8-17)16-9-12-3-1-2-6-15-12/h11-12,15-16H,1-10H2,(H2,14,18). The van der Waals surface area contributed by atoms with Crippen LogP contribution in [-0.4, -0.2) is 55.6 Å². The minimum atomic E-state index is -0.215. The molecule has 2 heterocycles. The van der Waals surface area contributed by atoms with E-state index >= 15 is 0 Å². The summed E-state index contributed by atoms with van der Waals surface area (Å²) in [6.45, 7) is 4.64. The highest BCUT2D eigenvalue weighted by molar-refractivity contribution is 5.75. The SMILES string of the molecule is NC(=O)CN1CCC(NCC2CCCCN2)CC1. The van der Waals surface area contributed by atoms with Gasteiger partial charge in [-0.3, -0.25) is 9.69 Å². The monoisotopic (exact) mass is 254 g/mol. The Balaban J connectivity index is 1.59. The predicted molar refractivity (Wildman–Crippen MR) is 72.3 cm³/mol. The van der Waals surface area contributed by atoms with Crippen molar-refractivity contribution >= 4 is 5.91 Å². The predicted octanol–water partition coefficient (Wildman–Crippen LogP) is -0.332. The zero-order valence-corrected chi connectivity index (χ0v) is 11.2. The largest absolute Gasteiger partial charge is 0.369 e. The van der Waals surface area contributed by atoms with Gasteiger partial charge in [-0.2, -0.15) is 0 Å². The van der Waals surface area contributed by atoms with Crippen LogP contribution in [0.2, 0.25) is 0 Å². The van der Waals surface area contributed by atoms with E-state index in [1.165, 1.54) is 25.8 Å². The fourth-order valence-corrected chi connectivity index (χ4v) is 2.92. The van der Waals surface area contributed by atoms with Crippen molar-refractivity contribution in [2.24, 2.45) is 5.73 Å². The van der Waals surface area contributed by atoms with Crippen molar-refractivity contribution in [1.82, 2.24) is 15.5 Å². The molecule has 0 radical (unpaired) electrons. The lowest BCUT2D eigenvalue weighted by Crippen LogP contribution is -2.49. The van der Waals surface area contributed by atoms with E-state index in [-0.39, 0.29) is 5.91 Å². The van der Waals surface area contributed by atoms with E-state index in [0.717, 1.165) is 32.5 Å². The zero-order chi connectivity index (χ0) is 12.8. The number of rotatable bonds is 5. The Morgan fingerprint density at radius 3 is 2.67 bits per heavy atom. The first-order chi connectivity index (χ1) is 8.74. The fraction of sp³-hybridized carbons (Fsp3) is 0.923. The minimum absolute atomic E-state index is 0.215. The molecule has 2 saturated heterocycles. The smallest absolute Gasteiger partial charge is 0.231 e. The lowest BCUT2D eigenvalue weighted by atomic mass is 10.0. The quantitative estimate of drug-likeness (QED) is 0.628. The molecule has 0 aliphatic carbocycles. The van der Waals surface area contributed by atoms with Crippen LogP contribution in [0.3, 0.4) is 0 Å². The molecule has 2 aliphatic rings. The first kappa shape index (κ1) is 13.8. The Morgan fingerprint density at radius 2 is 2.06 bits per heavy atom. The Labute approximate surface area is 109 Å². The molecular weight excluding hydrogens is 228 g/mol. The van der Waals surface area contributed by atoms with Gasteiger partial charge in [-0.15, -0.1) is 0 Å². The van der Waals surface area contributed by atoms with Gasteiger partial charge in [0.2, 0.25) is 5.91 Å². The van der Waals surface area contributed by atoms with E-state index in [9.17, 15) is 4.79 Å². The van der Waals surface area contributed by atoms with Crippen molar-refractivity contribution < 1.29 is 4.79 Å². The molecule has 5 nitrogen and oxygen atoms in total. The molecule has 104 valence electrons. The van der Waals surface area contributed by atoms with Crippen LogP contribution < -0.4 is 16.4 Å². The lowest BCUT2D eigenvalue weighted by molar-refractivity contribution is -0.119. The van der Waals surface area contributed by atoms with Gasteiger partial charge in [0.05, 0.1) is 6.54 Å². The van der Waals surface area contributed by atoms with Crippen LogP contribution in [-0.2, 0) is 4.79 Å². The number of carbonyl (C=O) groups excluding carboxylic acids is 1. The van der Waals surface area contributed by atoms with Crippen molar-refractivity contribution in [1.29, 1.82) is 0 Å². The molecule has 0 bridgehead atoms. The van der Waals surface area contributed by atoms with Gasteiger partial charge in [0.15, 0.2) is 0 Å². The van der Waals surface area contributed by atoms with E-state index in [0.29, 0.717) is 18.6 Å². The van der Waals surface area contributed by atoms with Crippen LogP contribution >= 0.6 is 0 Å². The molecule has 2 rings (SSSR count). The Bertz CT molecular complexity index is 258. The minimum Gasteiger partial charge on any atom is -0.369 e. The molecule has 2 fully saturated rings. The number of amides is 1. The van der Waals surface area contributed by atoms with Gasteiger partial charge >= 0.3 is 0 Å². The topological polar surface area (TPSA) is 70.4 Å². The molecule has 1 unspecified atom stereocenters. The second-order valence-corrected chi connectivity index (χ2v) is 5.57.